The van der Waals surface area contributed by atoms with Gasteiger partial charge in [0.2, 0.25) is 5.91 Å². The molecule has 8 heteroatoms. The van der Waals surface area contributed by atoms with Crippen LogP contribution in [0, 0.1) is 0 Å². The summed E-state index contributed by atoms with van der Waals surface area (Å²) in [5.74, 6) is 1.19. The lowest BCUT2D eigenvalue weighted by molar-refractivity contribution is -0.118. The van der Waals surface area contributed by atoms with Crippen molar-refractivity contribution in [1.82, 2.24) is 15.2 Å². The smallest absolute Gasteiger partial charge is 0.229 e. The maximum atomic E-state index is 12.1. The van der Waals surface area contributed by atoms with Crippen LogP contribution in [0.25, 0.3) is 10.9 Å². The number of hydrogen-bond donors (Lipinski definition) is 2. The molecule has 0 saturated carbocycles. The molecule has 0 saturated heterocycles. The Balaban J connectivity index is 1.70. The third-order valence-electron chi connectivity index (χ3n) is 4.79. The molecule has 2 aromatic carbocycles. The lowest BCUT2D eigenvalue weighted by atomic mass is 9.92. The second-order valence-electron chi connectivity index (χ2n) is 6.57. The van der Waals surface area contributed by atoms with Crippen LogP contribution in [0.15, 0.2) is 61.1 Å². The minimum atomic E-state index is -0.693. The van der Waals surface area contributed by atoms with Crippen LogP contribution in [0.2, 0.25) is 0 Å². The zero-order valence-electron chi connectivity index (χ0n) is 16.5. The highest BCUT2D eigenvalue weighted by Crippen LogP contribution is 2.37. The van der Waals surface area contributed by atoms with Crippen LogP contribution in [-0.2, 0) is 4.79 Å². The average Bonchev–Trinajstić information content (AvgIpc) is 3.28. The zero-order valence-corrected chi connectivity index (χ0v) is 16.5. The number of hydrogen-bond acceptors (Lipinski definition) is 6. The van der Waals surface area contributed by atoms with Crippen LogP contribution >= 0.6 is 0 Å². The van der Waals surface area contributed by atoms with E-state index in [1.807, 2.05) is 18.2 Å². The molecule has 2 aromatic heterocycles. The number of nitrogens with two attached hydrogens (primary N) is 1. The van der Waals surface area contributed by atoms with Crippen LogP contribution < -0.4 is 19.9 Å². The van der Waals surface area contributed by atoms with Crippen molar-refractivity contribution in [1.29, 1.82) is 0 Å². The number of aromatic nitrogens is 3. The van der Waals surface area contributed by atoms with Crippen LogP contribution in [0.1, 0.15) is 17.0 Å². The summed E-state index contributed by atoms with van der Waals surface area (Å²) < 4.78 is 16.9. The van der Waals surface area contributed by atoms with Crippen molar-refractivity contribution >= 4 is 16.8 Å². The molecule has 4 rings (SSSR count). The number of pyridine rings is 1. The Labute approximate surface area is 172 Å². The summed E-state index contributed by atoms with van der Waals surface area (Å²) in [6, 6.07) is 12.6. The highest BCUT2D eigenvalue weighted by Gasteiger charge is 2.25. The van der Waals surface area contributed by atoms with Crippen LogP contribution in [0.4, 0.5) is 0 Å². The minimum absolute atomic E-state index is 0.484. The van der Waals surface area contributed by atoms with Gasteiger partial charge in [0, 0.05) is 41.0 Å². The minimum Gasteiger partial charge on any atom is -0.497 e. The molecular weight excluding hydrogens is 384 g/mol. The van der Waals surface area contributed by atoms with E-state index in [0.29, 0.717) is 28.4 Å². The Kier molecular flexibility index (Phi) is 5.21. The fourth-order valence-electron chi connectivity index (χ4n) is 3.35. The molecule has 30 heavy (non-hydrogen) atoms. The van der Waals surface area contributed by atoms with Gasteiger partial charge >= 0.3 is 0 Å². The largest absolute Gasteiger partial charge is 0.497 e. The molecule has 1 amide bonds. The van der Waals surface area contributed by atoms with E-state index >= 15 is 0 Å². The lowest BCUT2D eigenvalue weighted by Gasteiger charge is -2.17. The number of primary amides is 1. The Morgan fingerprint density at radius 1 is 1.03 bits per heavy atom. The van der Waals surface area contributed by atoms with E-state index in [1.54, 1.807) is 50.0 Å². The lowest BCUT2D eigenvalue weighted by Crippen LogP contribution is -2.22. The SMILES string of the molecule is COc1ccc2c(Oc3ccc(C(C(N)=O)c4cn[nH]c4)c(OC)c3)ccnc2c1. The van der Waals surface area contributed by atoms with Crippen molar-refractivity contribution in [3.63, 3.8) is 0 Å². The maximum Gasteiger partial charge on any atom is 0.229 e. The van der Waals surface area contributed by atoms with Crippen LogP contribution in [0.3, 0.4) is 0 Å². The van der Waals surface area contributed by atoms with Crippen molar-refractivity contribution in [2.24, 2.45) is 5.73 Å². The standard InChI is InChI=1S/C22H20N4O4/c1-28-14-3-5-16-18(9-14)24-8-7-19(16)30-15-4-6-17(20(10-15)29-2)21(22(23)27)13-11-25-26-12-13/h3-12,21H,1-2H3,(H2,23,27)(H,25,26). The third kappa shape index (κ3) is 3.62. The summed E-state index contributed by atoms with van der Waals surface area (Å²) in [4.78, 5) is 16.5. The first-order valence-electron chi connectivity index (χ1n) is 9.17. The van der Waals surface area contributed by atoms with Gasteiger partial charge in [-0.1, -0.05) is 6.07 Å². The third-order valence-corrected chi connectivity index (χ3v) is 4.79. The fourth-order valence-corrected chi connectivity index (χ4v) is 3.35. The highest BCUT2D eigenvalue weighted by atomic mass is 16.5. The van der Waals surface area contributed by atoms with Gasteiger partial charge in [0.15, 0.2) is 0 Å². The molecule has 0 aliphatic rings. The molecule has 0 spiro atoms. The van der Waals surface area contributed by atoms with Gasteiger partial charge in [-0.2, -0.15) is 5.10 Å². The van der Waals surface area contributed by atoms with Crippen molar-refractivity contribution in [3.05, 3.63) is 72.2 Å². The molecule has 152 valence electrons. The van der Waals surface area contributed by atoms with Gasteiger partial charge in [0.25, 0.3) is 0 Å². The summed E-state index contributed by atoms with van der Waals surface area (Å²) >= 11 is 0. The number of nitrogens with zero attached hydrogens (tertiary/aromatic N) is 2. The van der Waals surface area contributed by atoms with E-state index in [1.165, 1.54) is 7.11 Å². The normalized spacial score (nSPS) is 11.8. The van der Waals surface area contributed by atoms with Crippen LogP contribution in [0.5, 0.6) is 23.0 Å². The summed E-state index contributed by atoms with van der Waals surface area (Å²) in [5.41, 5.74) is 7.68. The number of carbonyl (C=O) groups excluding carboxylic acids is 1. The molecule has 2 heterocycles. The van der Waals surface area contributed by atoms with E-state index in [0.717, 1.165) is 16.7 Å². The number of carbonyl (C=O) groups is 1. The summed E-state index contributed by atoms with van der Waals surface area (Å²) in [6.45, 7) is 0. The predicted molar refractivity (Wildman–Crippen MR) is 111 cm³/mol. The van der Waals surface area contributed by atoms with Gasteiger partial charge in [-0.05, 0) is 24.3 Å². The monoisotopic (exact) mass is 404 g/mol. The van der Waals surface area contributed by atoms with Gasteiger partial charge in [-0.3, -0.25) is 14.9 Å². The number of amides is 1. The molecule has 0 radical (unpaired) electrons. The number of H-pyrrole nitrogens is 1. The second-order valence-corrected chi connectivity index (χ2v) is 6.57. The molecule has 0 bridgehead atoms. The molecule has 1 unspecified atom stereocenters. The second kappa shape index (κ2) is 8.12. The van der Waals surface area contributed by atoms with Gasteiger partial charge in [-0.25, -0.2) is 0 Å². The Hall–Kier alpha value is -4.07. The van der Waals surface area contributed by atoms with Crippen molar-refractivity contribution in [2.75, 3.05) is 14.2 Å². The average molecular weight is 404 g/mol. The van der Waals surface area contributed by atoms with Gasteiger partial charge < -0.3 is 19.9 Å². The summed E-state index contributed by atoms with van der Waals surface area (Å²) in [5, 5.41) is 7.45. The van der Waals surface area contributed by atoms with Gasteiger partial charge in [0.1, 0.15) is 23.0 Å². The van der Waals surface area contributed by atoms with E-state index in [9.17, 15) is 4.79 Å². The topological polar surface area (TPSA) is 112 Å². The number of fused-ring (bicyclic) bond motifs is 1. The quantitative estimate of drug-likeness (QED) is 0.488. The number of rotatable bonds is 7. The first-order valence-corrected chi connectivity index (χ1v) is 9.17. The van der Waals surface area contributed by atoms with Crippen molar-refractivity contribution in [2.45, 2.75) is 5.92 Å². The Morgan fingerprint density at radius 3 is 2.57 bits per heavy atom. The van der Waals surface area contributed by atoms with E-state index in [-0.39, 0.29) is 0 Å². The number of benzene rings is 2. The van der Waals surface area contributed by atoms with Crippen molar-refractivity contribution in [3.8, 4) is 23.0 Å². The van der Waals surface area contributed by atoms with Crippen molar-refractivity contribution < 1.29 is 19.0 Å². The zero-order chi connectivity index (χ0) is 21.1. The molecule has 1 atom stereocenters. The van der Waals surface area contributed by atoms with E-state index in [4.69, 9.17) is 19.9 Å². The molecule has 3 N–H and O–H groups in total. The highest BCUT2D eigenvalue weighted by molar-refractivity contribution is 5.87. The molecule has 0 aliphatic heterocycles. The Bertz CT molecular complexity index is 1190. The fraction of sp³-hybridized carbons (Fsp3) is 0.136. The molecular formula is C22H20N4O4. The molecule has 0 aliphatic carbocycles. The predicted octanol–water partition coefficient (Wildman–Crippen LogP) is 3.38. The molecule has 4 aromatic rings. The first kappa shape index (κ1) is 19.3. The number of methoxy groups -OCH3 is 2. The van der Waals surface area contributed by atoms with Crippen LogP contribution in [-0.4, -0.2) is 35.3 Å². The van der Waals surface area contributed by atoms with E-state index in [2.05, 4.69) is 15.2 Å². The van der Waals surface area contributed by atoms with Gasteiger partial charge in [-0.15, -0.1) is 0 Å². The number of ether oxygens (including phenoxy) is 3. The molecule has 8 nitrogen and oxygen atoms in total. The first-order chi connectivity index (χ1) is 14.6. The number of nitrogens with one attached hydrogen (secondary N) is 1. The van der Waals surface area contributed by atoms with Gasteiger partial charge in [0.05, 0.1) is 31.9 Å². The van der Waals surface area contributed by atoms with E-state index < -0.39 is 11.8 Å². The molecule has 0 fully saturated rings. The maximum absolute atomic E-state index is 12.1. The Morgan fingerprint density at radius 2 is 1.87 bits per heavy atom. The summed E-state index contributed by atoms with van der Waals surface area (Å²) in [7, 11) is 3.14. The number of aromatic amines is 1. The summed E-state index contributed by atoms with van der Waals surface area (Å²) in [6.07, 6.45) is 4.87.